The lowest BCUT2D eigenvalue weighted by atomic mass is 10.2. The van der Waals surface area contributed by atoms with Crippen molar-refractivity contribution in [3.05, 3.63) is 41.5 Å². The third-order valence-corrected chi connectivity index (χ3v) is 2.65. The number of carboxylic acids is 1. The summed E-state index contributed by atoms with van der Waals surface area (Å²) < 4.78 is 4.86. The Morgan fingerprint density at radius 1 is 0.818 bits per heavy atom. The summed E-state index contributed by atoms with van der Waals surface area (Å²) in [5.74, 6) is -5.26. The van der Waals surface area contributed by atoms with Crippen molar-refractivity contribution in [1.82, 2.24) is 0 Å². The van der Waals surface area contributed by atoms with Crippen LogP contribution in [0.5, 0.6) is 28.7 Å². The molecule has 0 fully saturated rings. The lowest BCUT2D eigenvalue weighted by Crippen LogP contribution is -2.09. The molecule has 22 heavy (non-hydrogen) atoms. The average molecular weight is 306 g/mol. The van der Waals surface area contributed by atoms with Crippen LogP contribution in [0.1, 0.15) is 20.7 Å². The van der Waals surface area contributed by atoms with Crippen molar-refractivity contribution >= 4 is 11.9 Å². The highest BCUT2D eigenvalue weighted by atomic mass is 16.5. The highest BCUT2D eigenvalue weighted by Crippen LogP contribution is 2.35. The Kier molecular flexibility index (Phi) is 3.76. The summed E-state index contributed by atoms with van der Waals surface area (Å²) in [5.41, 5.74) is -0.577. The van der Waals surface area contributed by atoms with Gasteiger partial charge in [-0.25, -0.2) is 9.59 Å². The minimum absolute atomic E-state index is 0.241. The number of carbonyl (C=O) groups is 2. The maximum absolute atomic E-state index is 11.9. The lowest BCUT2D eigenvalue weighted by molar-refractivity contribution is 0.0687. The van der Waals surface area contributed by atoms with Gasteiger partial charge in [-0.2, -0.15) is 0 Å². The van der Waals surface area contributed by atoms with Gasteiger partial charge in [0.1, 0.15) is 11.5 Å². The molecule has 0 amide bonds. The van der Waals surface area contributed by atoms with Crippen LogP contribution in [0.15, 0.2) is 30.3 Å². The second-order valence-electron chi connectivity index (χ2n) is 4.27. The van der Waals surface area contributed by atoms with E-state index in [9.17, 15) is 30.0 Å². The van der Waals surface area contributed by atoms with Crippen LogP contribution >= 0.6 is 0 Å². The van der Waals surface area contributed by atoms with Crippen molar-refractivity contribution in [2.24, 2.45) is 0 Å². The fourth-order valence-electron chi connectivity index (χ4n) is 1.65. The van der Waals surface area contributed by atoms with E-state index in [1.807, 2.05) is 0 Å². The van der Waals surface area contributed by atoms with Crippen LogP contribution in [0.25, 0.3) is 0 Å². The van der Waals surface area contributed by atoms with Crippen molar-refractivity contribution in [3.8, 4) is 28.7 Å². The highest BCUT2D eigenvalue weighted by molar-refractivity contribution is 5.93. The third-order valence-electron chi connectivity index (χ3n) is 2.65. The molecule has 5 N–H and O–H groups in total. The van der Waals surface area contributed by atoms with Gasteiger partial charge >= 0.3 is 11.9 Å². The number of phenols is 4. The SMILES string of the molecule is O=C(O)c1cc(O)cc(OC(=O)c2cc(O)c(O)c(O)c2)c1. The number of rotatable bonds is 3. The Balaban J connectivity index is 2.31. The van der Waals surface area contributed by atoms with Crippen molar-refractivity contribution in [2.45, 2.75) is 0 Å². The number of benzene rings is 2. The van der Waals surface area contributed by atoms with Gasteiger partial charge in [-0.05, 0) is 24.3 Å². The molecule has 0 aliphatic carbocycles. The molecule has 0 heterocycles. The van der Waals surface area contributed by atoms with E-state index in [0.29, 0.717) is 0 Å². The van der Waals surface area contributed by atoms with E-state index in [-0.39, 0.29) is 16.9 Å². The zero-order valence-electron chi connectivity index (χ0n) is 10.8. The van der Waals surface area contributed by atoms with E-state index in [4.69, 9.17) is 9.84 Å². The highest BCUT2D eigenvalue weighted by Gasteiger charge is 2.16. The molecule has 2 aromatic rings. The Morgan fingerprint density at radius 3 is 1.95 bits per heavy atom. The molecule has 0 atom stereocenters. The van der Waals surface area contributed by atoms with Gasteiger partial charge in [-0.15, -0.1) is 0 Å². The van der Waals surface area contributed by atoms with Gasteiger partial charge in [0.2, 0.25) is 0 Å². The average Bonchev–Trinajstić information content (AvgIpc) is 2.43. The molecule has 0 saturated carbocycles. The van der Waals surface area contributed by atoms with Crippen molar-refractivity contribution in [3.63, 3.8) is 0 Å². The number of phenolic OH excluding ortho intramolecular Hbond substituents is 4. The quantitative estimate of drug-likeness (QED) is 0.325. The molecule has 0 bridgehead atoms. The number of aromatic carboxylic acids is 1. The summed E-state index contributed by atoms with van der Waals surface area (Å²) in [6.07, 6.45) is 0. The van der Waals surface area contributed by atoms with Crippen LogP contribution in [-0.4, -0.2) is 37.5 Å². The minimum atomic E-state index is -1.33. The van der Waals surface area contributed by atoms with Crippen LogP contribution in [0.3, 0.4) is 0 Å². The van der Waals surface area contributed by atoms with Crippen molar-refractivity contribution in [2.75, 3.05) is 0 Å². The van der Waals surface area contributed by atoms with Crippen molar-refractivity contribution in [1.29, 1.82) is 0 Å². The maximum atomic E-state index is 11.9. The van der Waals surface area contributed by atoms with Gasteiger partial charge < -0.3 is 30.3 Å². The largest absolute Gasteiger partial charge is 0.508 e. The first kappa shape index (κ1) is 15.0. The van der Waals surface area contributed by atoms with E-state index in [1.165, 1.54) is 0 Å². The molecule has 0 aliphatic rings. The van der Waals surface area contributed by atoms with Gasteiger partial charge in [0.05, 0.1) is 11.1 Å². The Morgan fingerprint density at radius 2 is 1.41 bits per heavy atom. The standard InChI is InChI=1S/C14H10O8/c15-8-1-6(13(19)20)2-9(5-8)22-14(21)7-3-10(16)12(18)11(17)4-7/h1-5,15-18H,(H,19,20). The predicted octanol–water partition coefficient (Wildman–Crippen LogP) is 1.43. The number of esters is 1. The molecule has 8 nitrogen and oxygen atoms in total. The molecule has 0 unspecified atom stereocenters. The molecule has 0 aliphatic heterocycles. The van der Waals surface area contributed by atoms with Gasteiger partial charge in [0.15, 0.2) is 17.2 Å². The first-order valence-corrected chi connectivity index (χ1v) is 5.82. The van der Waals surface area contributed by atoms with Crippen LogP contribution < -0.4 is 4.74 Å². The van der Waals surface area contributed by atoms with Crippen LogP contribution in [0.2, 0.25) is 0 Å². The maximum Gasteiger partial charge on any atom is 0.343 e. The van der Waals surface area contributed by atoms with E-state index < -0.39 is 34.9 Å². The Hall–Kier alpha value is -3.42. The number of aromatic hydroxyl groups is 4. The molecular weight excluding hydrogens is 296 g/mol. The molecule has 0 radical (unpaired) electrons. The number of hydrogen-bond acceptors (Lipinski definition) is 7. The smallest absolute Gasteiger partial charge is 0.343 e. The molecule has 114 valence electrons. The predicted molar refractivity (Wildman–Crippen MR) is 71.5 cm³/mol. The molecule has 2 aromatic carbocycles. The Bertz CT molecular complexity index is 742. The fourth-order valence-corrected chi connectivity index (χ4v) is 1.65. The van der Waals surface area contributed by atoms with E-state index in [2.05, 4.69) is 0 Å². The van der Waals surface area contributed by atoms with Gasteiger partial charge in [0, 0.05) is 6.07 Å². The number of hydrogen-bond donors (Lipinski definition) is 5. The summed E-state index contributed by atoms with van der Waals surface area (Å²) in [4.78, 5) is 22.7. The van der Waals surface area contributed by atoms with E-state index in [1.54, 1.807) is 0 Å². The summed E-state index contributed by atoms with van der Waals surface area (Å²) >= 11 is 0. The number of ether oxygens (including phenoxy) is 1. The molecule has 2 rings (SSSR count). The first-order chi connectivity index (χ1) is 10.3. The number of carboxylic acid groups (broad SMARTS) is 1. The molecule has 0 aromatic heterocycles. The van der Waals surface area contributed by atoms with Crippen LogP contribution in [0, 0.1) is 0 Å². The Labute approximate surface area is 123 Å². The summed E-state index contributed by atoms with van der Waals surface area (Å²) in [7, 11) is 0. The topological polar surface area (TPSA) is 145 Å². The molecular formula is C14H10O8. The summed E-state index contributed by atoms with van der Waals surface area (Å²) in [5, 5.41) is 46.1. The minimum Gasteiger partial charge on any atom is -0.508 e. The summed E-state index contributed by atoms with van der Waals surface area (Å²) in [6, 6.07) is 4.72. The second-order valence-corrected chi connectivity index (χ2v) is 4.27. The van der Waals surface area contributed by atoms with Gasteiger partial charge in [0.25, 0.3) is 0 Å². The number of carbonyl (C=O) groups excluding carboxylic acids is 1. The monoisotopic (exact) mass is 306 g/mol. The third kappa shape index (κ3) is 3.01. The zero-order valence-corrected chi connectivity index (χ0v) is 10.8. The molecule has 8 heteroatoms. The molecule has 0 spiro atoms. The van der Waals surface area contributed by atoms with Gasteiger partial charge in [-0.3, -0.25) is 0 Å². The lowest BCUT2D eigenvalue weighted by Gasteiger charge is -2.08. The normalized spacial score (nSPS) is 10.2. The van der Waals surface area contributed by atoms with Crippen LogP contribution in [-0.2, 0) is 0 Å². The van der Waals surface area contributed by atoms with Crippen LogP contribution in [0.4, 0.5) is 0 Å². The van der Waals surface area contributed by atoms with E-state index in [0.717, 1.165) is 30.3 Å². The first-order valence-electron chi connectivity index (χ1n) is 5.82. The van der Waals surface area contributed by atoms with Crippen molar-refractivity contribution < 1.29 is 39.9 Å². The van der Waals surface area contributed by atoms with Gasteiger partial charge in [-0.1, -0.05) is 0 Å². The summed E-state index contributed by atoms with van der Waals surface area (Å²) in [6.45, 7) is 0. The zero-order chi connectivity index (χ0) is 16.4. The van der Waals surface area contributed by atoms with E-state index >= 15 is 0 Å². The molecule has 0 saturated heterocycles. The second kappa shape index (κ2) is 5.52. The fraction of sp³-hybridized carbons (Fsp3) is 0.